The summed E-state index contributed by atoms with van der Waals surface area (Å²) in [6.45, 7) is 11.1. The molecule has 1 unspecified atom stereocenters. The van der Waals surface area contributed by atoms with E-state index in [1.165, 1.54) is 5.69 Å². The Morgan fingerprint density at radius 1 is 1.22 bits per heavy atom. The van der Waals surface area contributed by atoms with Gasteiger partial charge in [0.2, 0.25) is 0 Å². The van der Waals surface area contributed by atoms with Crippen LogP contribution in [0.15, 0.2) is 47.5 Å². The summed E-state index contributed by atoms with van der Waals surface area (Å²) in [5.74, 6) is 0.892. The van der Waals surface area contributed by atoms with Crippen LogP contribution in [0.5, 0.6) is 5.75 Å². The zero-order valence-corrected chi connectivity index (χ0v) is 15.7. The maximum atomic E-state index is 6.08. The highest BCUT2D eigenvalue weighted by atomic mass is 35.5. The van der Waals surface area contributed by atoms with Gasteiger partial charge in [-0.25, -0.2) is 0 Å². The number of nitrogens with zero attached hydrogens (tertiary/aromatic N) is 1. The van der Waals surface area contributed by atoms with E-state index < -0.39 is 0 Å². The molecule has 0 radical (unpaired) electrons. The van der Waals surface area contributed by atoms with Gasteiger partial charge in [-0.15, -0.1) is 0 Å². The Labute approximate surface area is 145 Å². The number of halogens is 1. The first kappa shape index (κ1) is 17.9. The van der Waals surface area contributed by atoms with Crippen molar-refractivity contribution in [2.45, 2.75) is 34.1 Å². The normalized spacial score (nSPS) is 21.0. The molecule has 0 aliphatic heterocycles. The van der Waals surface area contributed by atoms with Gasteiger partial charge in [0, 0.05) is 29.2 Å². The van der Waals surface area contributed by atoms with Crippen molar-refractivity contribution >= 4 is 17.3 Å². The van der Waals surface area contributed by atoms with Crippen LogP contribution >= 0.6 is 11.6 Å². The molecule has 0 bridgehead atoms. The first-order chi connectivity index (χ1) is 10.7. The molecule has 0 heterocycles. The molecule has 2 rings (SSSR count). The van der Waals surface area contributed by atoms with Gasteiger partial charge < -0.3 is 9.64 Å². The van der Waals surface area contributed by atoms with Crippen molar-refractivity contribution in [1.29, 1.82) is 0 Å². The van der Waals surface area contributed by atoms with E-state index in [0.717, 1.165) is 30.3 Å². The molecule has 0 aromatic heterocycles. The summed E-state index contributed by atoms with van der Waals surface area (Å²) in [5, 5.41) is 0.842. The molecule has 2 nitrogen and oxygen atoms in total. The zero-order chi connectivity index (χ0) is 17.1. The van der Waals surface area contributed by atoms with Crippen molar-refractivity contribution in [3.63, 3.8) is 0 Å². The lowest BCUT2D eigenvalue weighted by Crippen LogP contribution is -2.40. The number of allylic oxidation sites excluding steroid dienone is 3. The number of rotatable bonds is 5. The van der Waals surface area contributed by atoms with Crippen LogP contribution in [0, 0.1) is 10.8 Å². The van der Waals surface area contributed by atoms with Gasteiger partial charge in [-0.1, -0.05) is 51.4 Å². The SMILES string of the molecule is COc1ccc(N(CC(C)(C)C)CC2(C)C=CC(Cl)=CC2)cc1. The molecule has 0 fully saturated rings. The van der Waals surface area contributed by atoms with Crippen molar-refractivity contribution in [2.24, 2.45) is 10.8 Å². The van der Waals surface area contributed by atoms with Crippen LogP contribution in [0.4, 0.5) is 5.69 Å². The molecule has 1 aromatic carbocycles. The Morgan fingerprint density at radius 3 is 2.35 bits per heavy atom. The third-order valence-electron chi connectivity index (χ3n) is 4.06. The molecular weight excluding hydrogens is 306 g/mol. The fourth-order valence-electron chi connectivity index (χ4n) is 2.90. The molecule has 126 valence electrons. The van der Waals surface area contributed by atoms with Crippen LogP contribution in [0.1, 0.15) is 34.1 Å². The third-order valence-corrected chi connectivity index (χ3v) is 4.34. The quantitative estimate of drug-likeness (QED) is 0.691. The Hall–Kier alpha value is -1.41. The van der Waals surface area contributed by atoms with E-state index in [0.29, 0.717) is 0 Å². The smallest absolute Gasteiger partial charge is 0.119 e. The summed E-state index contributed by atoms with van der Waals surface area (Å²) in [6, 6.07) is 8.34. The van der Waals surface area contributed by atoms with Gasteiger partial charge in [-0.3, -0.25) is 0 Å². The summed E-state index contributed by atoms with van der Waals surface area (Å²) in [6.07, 6.45) is 7.35. The predicted octanol–water partition coefficient (Wildman–Crippen LogP) is 5.64. The third kappa shape index (κ3) is 5.31. The highest BCUT2D eigenvalue weighted by molar-refractivity contribution is 6.31. The lowest BCUT2D eigenvalue weighted by Gasteiger charge is -2.39. The van der Waals surface area contributed by atoms with Crippen LogP contribution in [0.3, 0.4) is 0 Å². The van der Waals surface area contributed by atoms with Gasteiger partial charge >= 0.3 is 0 Å². The van der Waals surface area contributed by atoms with E-state index in [2.05, 4.69) is 56.9 Å². The molecule has 1 aliphatic rings. The largest absolute Gasteiger partial charge is 0.497 e. The Morgan fingerprint density at radius 2 is 1.87 bits per heavy atom. The number of hydrogen-bond donors (Lipinski definition) is 0. The number of hydrogen-bond acceptors (Lipinski definition) is 2. The van der Waals surface area contributed by atoms with Crippen molar-refractivity contribution in [3.05, 3.63) is 47.5 Å². The summed E-state index contributed by atoms with van der Waals surface area (Å²) in [4.78, 5) is 2.47. The Balaban J connectivity index is 2.22. The van der Waals surface area contributed by atoms with Gasteiger partial charge in [-0.2, -0.15) is 0 Å². The lowest BCUT2D eigenvalue weighted by atomic mass is 9.82. The second-order valence-corrected chi connectivity index (χ2v) is 8.33. The van der Waals surface area contributed by atoms with Crippen LogP contribution in [0.2, 0.25) is 0 Å². The van der Waals surface area contributed by atoms with Crippen LogP contribution in [-0.4, -0.2) is 20.2 Å². The highest BCUT2D eigenvalue weighted by Crippen LogP contribution is 2.34. The number of benzene rings is 1. The van der Waals surface area contributed by atoms with Gasteiger partial charge in [0.05, 0.1) is 7.11 Å². The maximum absolute atomic E-state index is 6.08. The Bertz CT molecular complexity index is 583. The van der Waals surface area contributed by atoms with E-state index in [1.807, 2.05) is 18.2 Å². The molecule has 0 N–H and O–H groups in total. The van der Waals surface area contributed by atoms with Crippen LogP contribution < -0.4 is 9.64 Å². The topological polar surface area (TPSA) is 12.5 Å². The van der Waals surface area contributed by atoms with Crippen molar-refractivity contribution < 1.29 is 4.74 Å². The minimum Gasteiger partial charge on any atom is -0.497 e. The monoisotopic (exact) mass is 333 g/mol. The number of anilines is 1. The average molecular weight is 334 g/mol. The lowest BCUT2D eigenvalue weighted by molar-refractivity contribution is 0.364. The van der Waals surface area contributed by atoms with Gasteiger partial charge in [0.25, 0.3) is 0 Å². The van der Waals surface area contributed by atoms with Gasteiger partial charge in [0.15, 0.2) is 0 Å². The molecule has 0 saturated heterocycles. The fraction of sp³-hybridized carbons (Fsp3) is 0.500. The molecule has 1 aliphatic carbocycles. The molecule has 0 saturated carbocycles. The fourth-order valence-corrected chi connectivity index (χ4v) is 3.05. The first-order valence-electron chi connectivity index (χ1n) is 8.15. The average Bonchev–Trinajstić information content (AvgIpc) is 2.49. The van der Waals surface area contributed by atoms with Crippen LogP contribution in [-0.2, 0) is 0 Å². The molecule has 1 aromatic rings. The standard InChI is InChI=1S/C20H28ClNO/c1-19(2,3)14-22(17-6-8-18(23-5)9-7-17)15-20(4)12-10-16(21)11-13-20/h6-12H,13-15H2,1-5H3. The highest BCUT2D eigenvalue weighted by Gasteiger charge is 2.28. The summed E-state index contributed by atoms with van der Waals surface area (Å²) >= 11 is 6.08. The molecule has 3 heteroatoms. The summed E-state index contributed by atoms with van der Waals surface area (Å²) < 4.78 is 5.28. The first-order valence-corrected chi connectivity index (χ1v) is 8.53. The van der Waals surface area contributed by atoms with Gasteiger partial charge in [-0.05, 0) is 42.2 Å². The van der Waals surface area contributed by atoms with E-state index in [1.54, 1.807) is 7.11 Å². The number of methoxy groups -OCH3 is 1. The zero-order valence-electron chi connectivity index (χ0n) is 14.9. The number of ether oxygens (including phenoxy) is 1. The second-order valence-electron chi connectivity index (χ2n) is 7.90. The van der Waals surface area contributed by atoms with Crippen LogP contribution in [0.25, 0.3) is 0 Å². The minimum absolute atomic E-state index is 0.101. The molecule has 1 atom stereocenters. The maximum Gasteiger partial charge on any atom is 0.119 e. The van der Waals surface area contributed by atoms with Crippen molar-refractivity contribution in [1.82, 2.24) is 0 Å². The van der Waals surface area contributed by atoms with E-state index in [9.17, 15) is 0 Å². The molecule has 23 heavy (non-hydrogen) atoms. The van der Waals surface area contributed by atoms with Crippen molar-refractivity contribution in [3.8, 4) is 5.75 Å². The Kier molecular flexibility index (Phi) is 5.46. The molecule has 0 amide bonds. The minimum atomic E-state index is 0.101. The second kappa shape index (κ2) is 7.00. The van der Waals surface area contributed by atoms with Crippen molar-refractivity contribution in [2.75, 3.05) is 25.1 Å². The molecule has 0 spiro atoms. The van der Waals surface area contributed by atoms with E-state index in [-0.39, 0.29) is 10.8 Å². The summed E-state index contributed by atoms with van der Waals surface area (Å²) in [5.41, 5.74) is 1.56. The molecular formula is C20H28ClNO. The summed E-state index contributed by atoms with van der Waals surface area (Å²) in [7, 11) is 1.70. The van der Waals surface area contributed by atoms with E-state index >= 15 is 0 Å². The van der Waals surface area contributed by atoms with E-state index in [4.69, 9.17) is 16.3 Å². The predicted molar refractivity (Wildman–Crippen MR) is 100 cm³/mol. The van der Waals surface area contributed by atoms with Gasteiger partial charge in [0.1, 0.15) is 5.75 Å².